The van der Waals surface area contributed by atoms with E-state index in [1.165, 1.54) is 10.8 Å². The molecule has 0 fully saturated rings. The number of nitrogens with one attached hydrogen (secondary N) is 1. The molecule has 0 radical (unpaired) electrons. The lowest BCUT2D eigenvalue weighted by atomic mass is 10.1. The fraction of sp³-hybridized carbons (Fsp3) is 0.0952. The highest BCUT2D eigenvalue weighted by Gasteiger charge is 2.16. The fourth-order valence-electron chi connectivity index (χ4n) is 2.59. The van der Waals surface area contributed by atoms with Crippen LogP contribution in [0.3, 0.4) is 0 Å². The number of aryl methyl sites for hydroxylation is 1. The van der Waals surface area contributed by atoms with E-state index < -0.39 is 5.91 Å². The minimum Gasteiger partial charge on any atom is -0.347 e. The molecule has 3 rings (SSSR count). The van der Waals surface area contributed by atoms with Crippen LogP contribution in [0.4, 0.5) is 0 Å². The summed E-state index contributed by atoms with van der Waals surface area (Å²) in [7, 11) is 0. The van der Waals surface area contributed by atoms with Gasteiger partial charge in [0.05, 0.1) is 11.4 Å². The highest BCUT2D eigenvalue weighted by Crippen LogP contribution is 2.26. The summed E-state index contributed by atoms with van der Waals surface area (Å²) < 4.78 is 1.54. The van der Waals surface area contributed by atoms with Gasteiger partial charge in [0.2, 0.25) is 0 Å². The topological polar surface area (TPSA) is 70.7 Å². The van der Waals surface area contributed by atoms with E-state index in [9.17, 15) is 10.1 Å². The van der Waals surface area contributed by atoms with Gasteiger partial charge in [-0.15, -0.1) is 0 Å². The van der Waals surface area contributed by atoms with Gasteiger partial charge in [0, 0.05) is 17.1 Å². The third-order valence-corrected chi connectivity index (χ3v) is 4.68. The predicted octanol–water partition coefficient (Wildman–Crippen LogP) is 4.71. The molecular formula is C21H16Cl2N4O. The van der Waals surface area contributed by atoms with Crippen molar-refractivity contribution < 1.29 is 4.79 Å². The molecule has 0 saturated heterocycles. The van der Waals surface area contributed by atoms with E-state index in [0.717, 1.165) is 11.3 Å². The normalized spacial score (nSPS) is 11.1. The van der Waals surface area contributed by atoms with Gasteiger partial charge < -0.3 is 5.32 Å². The van der Waals surface area contributed by atoms with Crippen LogP contribution in [0.2, 0.25) is 10.2 Å². The second-order valence-electron chi connectivity index (χ2n) is 6.02. The molecule has 28 heavy (non-hydrogen) atoms. The Morgan fingerprint density at radius 1 is 1.18 bits per heavy atom. The summed E-state index contributed by atoms with van der Waals surface area (Å²) in [6.45, 7) is 2.09. The Hall–Kier alpha value is -3.07. The van der Waals surface area contributed by atoms with E-state index in [2.05, 4.69) is 10.4 Å². The number of hydrogen-bond acceptors (Lipinski definition) is 3. The van der Waals surface area contributed by atoms with Crippen LogP contribution < -0.4 is 5.32 Å². The Kier molecular flexibility index (Phi) is 6.15. The highest BCUT2D eigenvalue weighted by molar-refractivity contribution is 6.31. The molecule has 0 atom stereocenters. The minimum absolute atomic E-state index is 0.0448. The molecule has 140 valence electrons. The SMILES string of the molecule is Cc1nn(-c2ccc(Cl)cc2)c(Cl)c1/C=C(\C#N)C(=O)NCc1ccccc1. The van der Waals surface area contributed by atoms with Gasteiger partial charge in [-0.3, -0.25) is 4.79 Å². The summed E-state index contributed by atoms with van der Waals surface area (Å²) in [5, 5.41) is 17.5. The molecular weight excluding hydrogens is 395 g/mol. The van der Waals surface area contributed by atoms with Crippen LogP contribution in [0.5, 0.6) is 0 Å². The minimum atomic E-state index is -0.471. The van der Waals surface area contributed by atoms with Crippen molar-refractivity contribution >= 4 is 35.2 Å². The van der Waals surface area contributed by atoms with Crippen molar-refractivity contribution in [2.75, 3.05) is 0 Å². The molecule has 0 aliphatic heterocycles. The number of amides is 1. The molecule has 0 saturated carbocycles. The maximum absolute atomic E-state index is 12.4. The van der Waals surface area contributed by atoms with Crippen LogP contribution in [0.1, 0.15) is 16.8 Å². The summed E-state index contributed by atoms with van der Waals surface area (Å²) in [6, 6.07) is 18.4. The van der Waals surface area contributed by atoms with Gasteiger partial charge in [-0.25, -0.2) is 4.68 Å². The Morgan fingerprint density at radius 2 is 1.86 bits per heavy atom. The first-order chi connectivity index (χ1) is 13.5. The summed E-state index contributed by atoms with van der Waals surface area (Å²) in [5.41, 5.74) is 2.74. The Labute approximate surface area is 172 Å². The summed E-state index contributed by atoms with van der Waals surface area (Å²) in [5.74, 6) is -0.471. The van der Waals surface area contributed by atoms with Crippen molar-refractivity contribution in [1.29, 1.82) is 5.26 Å². The fourth-order valence-corrected chi connectivity index (χ4v) is 3.05. The van der Waals surface area contributed by atoms with Crippen molar-refractivity contribution in [2.24, 2.45) is 0 Å². The zero-order valence-electron chi connectivity index (χ0n) is 15.0. The van der Waals surface area contributed by atoms with Crippen LogP contribution in [-0.2, 0) is 11.3 Å². The molecule has 0 aliphatic carbocycles. The van der Waals surface area contributed by atoms with Crippen molar-refractivity contribution in [1.82, 2.24) is 15.1 Å². The van der Waals surface area contributed by atoms with Crippen LogP contribution in [-0.4, -0.2) is 15.7 Å². The monoisotopic (exact) mass is 410 g/mol. The van der Waals surface area contributed by atoms with Crippen LogP contribution in [0.15, 0.2) is 60.2 Å². The number of nitrogens with zero attached hydrogens (tertiary/aromatic N) is 3. The van der Waals surface area contributed by atoms with Gasteiger partial charge in [0.25, 0.3) is 5.91 Å². The number of hydrogen-bond donors (Lipinski definition) is 1. The van der Waals surface area contributed by atoms with Crippen molar-refractivity contribution in [3.8, 4) is 11.8 Å². The second kappa shape index (κ2) is 8.75. The molecule has 0 aliphatic rings. The van der Waals surface area contributed by atoms with Crippen molar-refractivity contribution in [3.05, 3.63) is 87.2 Å². The number of halogens is 2. The number of nitriles is 1. The Morgan fingerprint density at radius 3 is 2.50 bits per heavy atom. The molecule has 1 amide bonds. The smallest absolute Gasteiger partial charge is 0.262 e. The first-order valence-corrected chi connectivity index (χ1v) is 9.20. The van der Waals surface area contributed by atoms with Crippen molar-refractivity contribution in [3.63, 3.8) is 0 Å². The number of carbonyl (C=O) groups excluding carboxylic acids is 1. The average Bonchev–Trinajstić information content (AvgIpc) is 2.99. The molecule has 1 heterocycles. The third-order valence-electron chi connectivity index (χ3n) is 4.07. The molecule has 0 spiro atoms. The van der Waals surface area contributed by atoms with E-state index in [1.807, 2.05) is 36.4 Å². The summed E-state index contributed by atoms with van der Waals surface area (Å²) in [4.78, 5) is 12.4. The summed E-state index contributed by atoms with van der Waals surface area (Å²) in [6.07, 6.45) is 1.46. The maximum atomic E-state index is 12.4. The first kappa shape index (κ1) is 19.7. The maximum Gasteiger partial charge on any atom is 0.262 e. The molecule has 1 N–H and O–H groups in total. The van der Waals surface area contributed by atoms with Crippen LogP contribution >= 0.6 is 23.2 Å². The van der Waals surface area contributed by atoms with Gasteiger partial charge in [-0.2, -0.15) is 10.4 Å². The zero-order valence-corrected chi connectivity index (χ0v) is 16.5. The van der Waals surface area contributed by atoms with E-state index in [4.69, 9.17) is 23.2 Å². The van der Waals surface area contributed by atoms with Gasteiger partial charge in [-0.1, -0.05) is 53.5 Å². The van der Waals surface area contributed by atoms with Crippen LogP contribution in [0, 0.1) is 18.3 Å². The Balaban J connectivity index is 1.85. The van der Waals surface area contributed by atoms with Gasteiger partial charge >= 0.3 is 0 Å². The van der Waals surface area contributed by atoms with Crippen LogP contribution in [0.25, 0.3) is 11.8 Å². The number of rotatable bonds is 5. The lowest BCUT2D eigenvalue weighted by molar-refractivity contribution is -0.117. The predicted molar refractivity (Wildman–Crippen MR) is 110 cm³/mol. The summed E-state index contributed by atoms with van der Waals surface area (Å²) >= 11 is 12.4. The molecule has 2 aromatic carbocycles. The zero-order chi connectivity index (χ0) is 20.1. The van der Waals surface area contributed by atoms with E-state index in [0.29, 0.717) is 28.0 Å². The number of aromatic nitrogens is 2. The van der Waals surface area contributed by atoms with E-state index >= 15 is 0 Å². The Bertz CT molecular complexity index is 1060. The molecule has 0 unspecified atom stereocenters. The lowest BCUT2D eigenvalue weighted by Gasteiger charge is -2.05. The third kappa shape index (κ3) is 4.42. The van der Waals surface area contributed by atoms with E-state index in [1.54, 1.807) is 31.2 Å². The largest absolute Gasteiger partial charge is 0.347 e. The van der Waals surface area contributed by atoms with Gasteiger partial charge in [0.1, 0.15) is 16.8 Å². The molecule has 3 aromatic rings. The lowest BCUT2D eigenvalue weighted by Crippen LogP contribution is -2.23. The van der Waals surface area contributed by atoms with Crippen molar-refractivity contribution in [2.45, 2.75) is 13.5 Å². The number of benzene rings is 2. The molecule has 1 aromatic heterocycles. The van der Waals surface area contributed by atoms with E-state index in [-0.39, 0.29) is 5.57 Å². The molecule has 0 bridgehead atoms. The molecule has 5 nitrogen and oxygen atoms in total. The van der Waals surface area contributed by atoms with Gasteiger partial charge in [-0.05, 0) is 42.8 Å². The standard InChI is InChI=1S/C21H16Cl2N4O/c1-14-19(20(23)27(26-14)18-9-7-17(22)8-10-18)11-16(12-24)21(28)25-13-15-5-3-2-4-6-15/h2-11H,13H2,1H3,(H,25,28)/b16-11+. The first-order valence-electron chi connectivity index (χ1n) is 8.44. The second-order valence-corrected chi connectivity index (χ2v) is 6.81. The highest BCUT2D eigenvalue weighted by atomic mass is 35.5. The number of carbonyl (C=O) groups is 1. The quantitative estimate of drug-likeness (QED) is 0.488. The van der Waals surface area contributed by atoms with Gasteiger partial charge in [0.15, 0.2) is 0 Å². The molecule has 7 heteroatoms. The average molecular weight is 411 g/mol.